The van der Waals surface area contributed by atoms with Crippen LogP contribution in [0.25, 0.3) is 11.1 Å². The van der Waals surface area contributed by atoms with Crippen molar-refractivity contribution in [3.8, 4) is 11.1 Å². The van der Waals surface area contributed by atoms with Crippen LogP contribution in [0, 0.1) is 0 Å². The highest BCUT2D eigenvalue weighted by molar-refractivity contribution is 5.63. The van der Waals surface area contributed by atoms with E-state index in [2.05, 4.69) is 90.6 Å². The van der Waals surface area contributed by atoms with Crippen molar-refractivity contribution < 1.29 is 8.97 Å². The summed E-state index contributed by atoms with van der Waals surface area (Å²) in [6, 6.07) is 18.7. The standard InChI is InChI=1S/C38H66N2/c1-7-9-11-13-15-17-19-21-31-39(3,4)33-35-23-27-37(28-24-35)38-29-25-36(26-30-38)34-40(5,6)32-22-20-18-16-14-12-10-8-2/h23-30H,7-22,31-34H2,1-6H3/q+2. The van der Waals surface area contributed by atoms with Crippen LogP contribution in [0.4, 0.5) is 0 Å². The lowest BCUT2D eigenvalue weighted by atomic mass is 10.0. The molecule has 0 unspecified atom stereocenters. The third-order valence-corrected chi connectivity index (χ3v) is 8.70. The summed E-state index contributed by atoms with van der Waals surface area (Å²) in [6.07, 6.45) is 22.3. The van der Waals surface area contributed by atoms with Crippen molar-refractivity contribution >= 4 is 0 Å². The molecule has 2 aromatic carbocycles. The highest BCUT2D eigenvalue weighted by atomic mass is 15.3. The van der Waals surface area contributed by atoms with E-state index in [9.17, 15) is 0 Å². The first kappa shape index (κ1) is 34.6. The van der Waals surface area contributed by atoms with Gasteiger partial charge >= 0.3 is 0 Å². The van der Waals surface area contributed by atoms with Gasteiger partial charge in [0.25, 0.3) is 0 Å². The molecule has 40 heavy (non-hydrogen) atoms. The van der Waals surface area contributed by atoms with Gasteiger partial charge < -0.3 is 8.97 Å². The summed E-state index contributed by atoms with van der Waals surface area (Å²) < 4.78 is 2.16. The molecule has 226 valence electrons. The Hall–Kier alpha value is -1.64. The summed E-state index contributed by atoms with van der Waals surface area (Å²) >= 11 is 0. The fraction of sp³-hybridized carbons (Fsp3) is 0.684. The summed E-state index contributed by atoms with van der Waals surface area (Å²) in [5, 5.41) is 0. The first-order valence-corrected chi connectivity index (χ1v) is 17.1. The zero-order valence-corrected chi connectivity index (χ0v) is 27.7. The van der Waals surface area contributed by atoms with Gasteiger partial charge in [-0.3, -0.25) is 0 Å². The number of quaternary nitrogens is 2. The number of nitrogens with zero attached hydrogens (tertiary/aromatic N) is 2. The molecule has 0 bridgehead atoms. The van der Waals surface area contributed by atoms with Crippen molar-refractivity contribution in [3.05, 3.63) is 59.7 Å². The second-order valence-corrected chi connectivity index (χ2v) is 14.0. The summed E-state index contributed by atoms with van der Waals surface area (Å²) in [5.41, 5.74) is 5.56. The Kier molecular flexibility index (Phi) is 16.8. The van der Waals surface area contributed by atoms with Crippen LogP contribution < -0.4 is 0 Å². The van der Waals surface area contributed by atoms with Gasteiger partial charge in [-0.2, -0.15) is 0 Å². The third kappa shape index (κ3) is 15.4. The quantitative estimate of drug-likeness (QED) is 0.0953. The molecule has 0 amide bonds. The molecule has 2 nitrogen and oxygen atoms in total. The molecule has 0 radical (unpaired) electrons. The van der Waals surface area contributed by atoms with E-state index in [4.69, 9.17) is 0 Å². The van der Waals surface area contributed by atoms with Gasteiger partial charge in [0, 0.05) is 11.1 Å². The van der Waals surface area contributed by atoms with Gasteiger partial charge in [0.05, 0.1) is 41.3 Å². The smallest absolute Gasteiger partial charge is 0.104 e. The molecule has 0 saturated carbocycles. The number of unbranched alkanes of at least 4 members (excludes halogenated alkanes) is 14. The van der Waals surface area contributed by atoms with Crippen LogP contribution in [0.2, 0.25) is 0 Å². The first-order chi connectivity index (χ1) is 19.2. The van der Waals surface area contributed by atoms with Crippen molar-refractivity contribution in [2.24, 2.45) is 0 Å². The topological polar surface area (TPSA) is 0 Å². The van der Waals surface area contributed by atoms with Crippen molar-refractivity contribution in [1.82, 2.24) is 0 Å². The van der Waals surface area contributed by atoms with Gasteiger partial charge in [0.2, 0.25) is 0 Å². The number of rotatable bonds is 23. The minimum atomic E-state index is 1.08. The molecule has 0 heterocycles. The Labute approximate surface area is 250 Å². The van der Waals surface area contributed by atoms with Crippen molar-refractivity contribution in [2.75, 3.05) is 41.3 Å². The van der Waals surface area contributed by atoms with Gasteiger partial charge in [0.15, 0.2) is 0 Å². The van der Waals surface area contributed by atoms with Gasteiger partial charge in [-0.05, 0) is 36.8 Å². The number of benzene rings is 2. The van der Waals surface area contributed by atoms with Gasteiger partial charge in [-0.25, -0.2) is 0 Å². The molecule has 0 fully saturated rings. The minimum absolute atomic E-state index is 1.08. The molecular formula is C38H66N2+2. The fourth-order valence-corrected chi connectivity index (χ4v) is 6.10. The van der Waals surface area contributed by atoms with Crippen molar-refractivity contribution in [1.29, 1.82) is 0 Å². The minimum Gasteiger partial charge on any atom is -0.325 e. The highest BCUT2D eigenvalue weighted by Gasteiger charge is 2.17. The third-order valence-electron chi connectivity index (χ3n) is 8.70. The number of hydrogen-bond acceptors (Lipinski definition) is 0. The first-order valence-electron chi connectivity index (χ1n) is 17.1. The van der Waals surface area contributed by atoms with E-state index in [0.29, 0.717) is 0 Å². The van der Waals surface area contributed by atoms with Crippen LogP contribution in [0.1, 0.15) is 128 Å². The molecule has 0 aromatic heterocycles. The maximum atomic E-state index is 2.39. The lowest BCUT2D eigenvalue weighted by Crippen LogP contribution is -2.39. The van der Waals surface area contributed by atoms with Crippen molar-refractivity contribution in [3.63, 3.8) is 0 Å². The molecule has 2 aromatic rings. The molecule has 0 atom stereocenters. The molecule has 0 aliphatic heterocycles. The zero-order chi connectivity index (χ0) is 29.1. The van der Waals surface area contributed by atoms with E-state index in [0.717, 1.165) is 22.1 Å². The molecule has 0 spiro atoms. The predicted molar refractivity (Wildman–Crippen MR) is 178 cm³/mol. The normalized spacial score (nSPS) is 12.2. The molecule has 0 aliphatic rings. The van der Waals surface area contributed by atoms with Gasteiger partial charge in [0.1, 0.15) is 13.1 Å². The average molecular weight is 551 g/mol. The SMILES string of the molecule is CCCCCCCCCC[N+](C)(C)Cc1ccc(-c2ccc(C[N+](C)(C)CCCCCCCCCC)cc2)cc1. The van der Waals surface area contributed by atoms with Crippen LogP contribution in [0.3, 0.4) is 0 Å². The Balaban J connectivity index is 1.72. The van der Waals surface area contributed by atoms with Gasteiger partial charge in [-0.1, -0.05) is 139 Å². The predicted octanol–water partition coefficient (Wildman–Crippen LogP) is 10.8. The lowest BCUT2D eigenvalue weighted by Gasteiger charge is -2.30. The molecular weight excluding hydrogens is 484 g/mol. The Morgan fingerprint density at radius 2 is 0.650 bits per heavy atom. The van der Waals surface area contributed by atoms with E-state index >= 15 is 0 Å². The van der Waals surface area contributed by atoms with E-state index in [1.165, 1.54) is 138 Å². The maximum Gasteiger partial charge on any atom is 0.104 e. The van der Waals surface area contributed by atoms with Crippen LogP contribution in [-0.4, -0.2) is 50.2 Å². The molecule has 0 saturated heterocycles. The summed E-state index contributed by atoms with van der Waals surface area (Å²) in [7, 11) is 9.57. The fourth-order valence-electron chi connectivity index (χ4n) is 6.10. The average Bonchev–Trinajstić information content (AvgIpc) is 2.92. The van der Waals surface area contributed by atoms with E-state index in [1.807, 2.05) is 0 Å². The monoisotopic (exact) mass is 551 g/mol. The summed E-state index contributed by atoms with van der Waals surface area (Å²) in [5.74, 6) is 0. The number of hydrogen-bond donors (Lipinski definition) is 0. The van der Waals surface area contributed by atoms with E-state index < -0.39 is 0 Å². The van der Waals surface area contributed by atoms with Crippen molar-refractivity contribution in [2.45, 2.75) is 130 Å². The van der Waals surface area contributed by atoms with Crippen LogP contribution in [-0.2, 0) is 13.1 Å². The van der Waals surface area contributed by atoms with Crippen LogP contribution in [0.5, 0.6) is 0 Å². The molecule has 2 heteroatoms. The van der Waals surface area contributed by atoms with Crippen LogP contribution in [0.15, 0.2) is 48.5 Å². The Morgan fingerprint density at radius 3 is 0.950 bits per heavy atom. The Morgan fingerprint density at radius 1 is 0.375 bits per heavy atom. The van der Waals surface area contributed by atoms with E-state index in [1.54, 1.807) is 0 Å². The zero-order valence-electron chi connectivity index (χ0n) is 27.7. The largest absolute Gasteiger partial charge is 0.325 e. The highest BCUT2D eigenvalue weighted by Crippen LogP contribution is 2.23. The second kappa shape index (κ2) is 19.5. The second-order valence-electron chi connectivity index (χ2n) is 14.0. The molecule has 0 N–H and O–H groups in total. The van der Waals surface area contributed by atoms with Crippen LogP contribution >= 0.6 is 0 Å². The Bertz CT molecular complexity index is 803. The van der Waals surface area contributed by atoms with Gasteiger partial charge in [-0.15, -0.1) is 0 Å². The maximum absolute atomic E-state index is 2.39. The lowest BCUT2D eigenvalue weighted by molar-refractivity contribution is -0.903. The molecule has 0 aliphatic carbocycles. The summed E-state index contributed by atoms with van der Waals surface area (Å²) in [6.45, 7) is 9.36. The molecule has 2 rings (SSSR count). The van der Waals surface area contributed by atoms with E-state index in [-0.39, 0.29) is 0 Å². The summed E-state index contributed by atoms with van der Waals surface area (Å²) in [4.78, 5) is 0.